The van der Waals surface area contributed by atoms with E-state index in [-0.39, 0.29) is 0 Å². The summed E-state index contributed by atoms with van der Waals surface area (Å²) in [7, 11) is 4.33. The molecule has 0 aromatic rings. The highest BCUT2D eigenvalue weighted by molar-refractivity contribution is 4.84. The van der Waals surface area contributed by atoms with Gasteiger partial charge in [0, 0.05) is 0 Å². The molecule has 0 aromatic heterocycles. The molecule has 132 valence electrons. The second kappa shape index (κ2) is 13.4. The van der Waals surface area contributed by atoms with Gasteiger partial charge in [0.1, 0.15) is 0 Å². The molecule has 1 saturated heterocycles. The zero-order chi connectivity index (χ0) is 16.0. The molecule has 2 heteroatoms. The van der Waals surface area contributed by atoms with E-state index in [0.717, 1.165) is 0 Å². The number of epoxide rings is 1. The van der Waals surface area contributed by atoms with E-state index in [1.54, 1.807) is 0 Å². The summed E-state index contributed by atoms with van der Waals surface area (Å²) < 4.78 is 5.81. The van der Waals surface area contributed by atoms with Crippen molar-refractivity contribution in [3.63, 3.8) is 0 Å². The quantitative estimate of drug-likeness (QED) is 0.264. The summed E-state index contributed by atoms with van der Waals surface area (Å²) >= 11 is 0. The fourth-order valence-electron chi connectivity index (χ4n) is 3.29. The third-order valence-electron chi connectivity index (χ3n) is 4.87. The van der Waals surface area contributed by atoms with Crippen molar-refractivity contribution >= 4 is 0 Å². The van der Waals surface area contributed by atoms with Crippen LogP contribution in [0.3, 0.4) is 0 Å². The van der Waals surface area contributed by atoms with Gasteiger partial charge in [-0.15, -0.1) is 0 Å². The van der Waals surface area contributed by atoms with Crippen molar-refractivity contribution in [3.05, 3.63) is 0 Å². The standard InChI is InChI=1S/C20H41NO/c1-4-5-6-7-10-13-16-19-20(22-19)17-14-11-8-9-12-15-18-21(2)3/h19-20H,4-18H2,1-3H3/t19-,20+/m0/s1. The maximum absolute atomic E-state index is 5.81. The SMILES string of the molecule is CCCCCCCC[C@@H]1O[C@@H]1CCCCCCCCN(C)C. The molecule has 1 aliphatic heterocycles. The molecule has 0 unspecified atom stereocenters. The van der Waals surface area contributed by atoms with Crippen LogP contribution in [0.5, 0.6) is 0 Å². The average molecular weight is 312 g/mol. The Morgan fingerprint density at radius 3 is 1.59 bits per heavy atom. The maximum Gasteiger partial charge on any atom is 0.0841 e. The third-order valence-corrected chi connectivity index (χ3v) is 4.87. The van der Waals surface area contributed by atoms with E-state index in [1.807, 2.05) is 0 Å². The topological polar surface area (TPSA) is 15.8 Å². The molecule has 0 amide bonds. The van der Waals surface area contributed by atoms with Crippen molar-refractivity contribution in [2.24, 2.45) is 0 Å². The molecule has 0 aliphatic carbocycles. The summed E-state index contributed by atoms with van der Waals surface area (Å²) in [6.07, 6.45) is 20.7. The summed E-state index contributed by atoms with van der Waals surface area (Å²) in [5.74, 6) is 0. The van der Waals surface area contributed by atoms with E-state index in [4.69, 9.17) is 4.74 Å². The molecule has 0 saturated carbocycles. The molecular formula is C20H41NO. The first-order valence-electron chi connectivity index (χ1n) is 10.0. The summed E-state index contributed by atoms with van der Waals surface area (Å²) in [6, 6.07) is 0. The van der Waals surface area contributed by atoms with Gasteiger partial charge in [-0.05, 0) is 39.9 Å². The molecule has 0 aromatic carbocycles. The summed E-state index contributed by atoms with van der Waals surface area (Å²) in [5.41, 5.74) is 0. The highest BCUT2D eigenvalue weighted by Gasteiger charge is 2.36. The van der Waals surface area contributed by atoms with Crippen LogP contribution in [0.25, 0.3) is 0 Å². The van der Waals surface area contributed by atoms with Crippen LogP contribution in [0, 0.1) is 0 Å². The minimum atomic E-state index is 0.629. The lowest BCUT2D eigenvalue weighted by molar-refractivity contribution is 0.347. The molecule has 1 heterocycles. The molecule has 2 atom stereocenters. The molecule has 1 fully saturated rings. The van der Waals surface area contributed by atoms with Gasteiger partial charge in [0.05, 0.1) is 12.2 Å². The predicted molar refractivity (Wildman–Crippen MR) is 97.5 cm³/mol. The van der Waals surface area contributed by atoms with Crippen LogP contribution in [0.2, 0.25) is 0 Å². The molecule has 0 bridgehead atoms. The molecule has 0 radical (unpaired) electrons. The number of ether oxygens (including phenoxy) is 1. The van der Waals surface area contributed by atoms with Crippen LogP contribution in [-0.2, 0) is 4.74 Å². The lowest BCUT2D eigenvalue weighted by Gasteiger charge is -2.08. The first-order valence-corrected chi connectivity index (χ1v) is 10.0. The predicted octanol–water partition coefficient (Wildman–Crippen LogP) is 5.80. The second-order valence-electron chi connectivity index (χ2n) is 7.48. The lowest BCUT2D eigenvalue weighted by atomic mass is 10.0. The zero-order valence-corrected chi connectivity index (χ0v) is 15.6. The van der Waals surface area contributed by atoms with Crippen LogP contribution in [0.1, 0.15) is 96.8 Å². The van der Waals surface area contributed by atoms with E-state index in [0.29, 0.717) is 12.2 Å². The van der Waals surface area contributed by atoms with E-state index in [1.165, 1.54) is 96.4 Å². The Bertz CT molecular complexity index is 242. The van der Waals surface area contributed by atoms with Gasteiger partial charge in [-0.2, -0.15) is 0 Å². The van der Waals surface area contributed by atoms with Crippen LogP contribution in [0.15, 0.2) is 0 Å². The average Bonchev–Trinajstić information content (AvgIpc) is 3.23. The fraction of sp³-hybridized carbons (Fsp3) is 1.00. The number of hydrogen-bond donors (Lipinski definition) is 0. The molecule has 1 aliphatic rings. The zero-order valence-electron chi connectivity index (χ0n) is 15.6. The molecule has 22 heavy (non-hydrogen) atoms. The summed E-state index contributed by atoms with van der Waals surface area (Å²) in [5, 5.41) is 0. The normalized spacial score (nSPS) is 20.7. The van der Waals surface area contributed by atoms with Gasteiger partial charge in [0.25, 0.3) is 0 Å². The van der Waals surface area contributed by atoms with Crippen molar-refractivity contribution in [2.45, 2.75) is 109 Å². The fourth-order valence-corrected chi connectivity index (χ4v) is 3.29. The highest BCUT2D eigenvalue weighted by Crippen LogP contribution is 2.31. The maximum atomic E-state index is 5.81. The van der Waals surface area contributed by atoms with E-state index in [2.05, 4.69) is 25.9 Å². The Balaban J connectivity index is 1.75. The van der Waals surface area contributed by atoms with Crippen molar-refractivity contribution in [1.82, 2.24) is 4.90 Å². The van der Waals surface area contributed by atoms with Gasteiger partial charge in [-0.25, -0.2) is 0 Å². The van der Waals surface area contributed by atoms with E-state index < -0.39 is 0 Å². The highest BCUT2D eigenvalue weighted by atomic mass is 16.6. The Kier molecular flexibility index (Phi) is 12.1. The molecular weight excluding hydrogens is 270 g/mol. The smallest absolute Gasteiger partial charge is 0.0841 e. The minimum Gasteiger partial charge on any atom is -0.370 e. The van der Waals surface area contributed by atoms with Crippen LogP contribution in [-0.4, -0.2) is 37.7 Å². The first kappa shape index (κ1) is 20.0. The number of nitrogens with zero attached hydrogens (tertiary/aromatic N) is 1. The Hall–Kier alpha value is -0.0800. The van der Waals surface area contributed by atoms with Gasteiger partial charge in [-0.3, -0.25) is 0 Å². The summed E-state index contributed by atoms with van der Waals surface area (Å²) in [6.45, 7) is 3.53. The largest absolute Gasteiger partial charge is 0.370 e. The van der Waals surface area contributed by atoms with Crippen molar-refractivity contribution in [3.8, 4) is 0 Å². The second-order valence-corrected chi connectivity index (χ2v) is 7.48. The van der Waals surface area contributed by atoms with Crippen LogP contribution >= 0.6 is 0 Å². The Morgan fingerprint density at radius 1 is 0.636 bits per heavy atom. The molecule has 2 nitrogen and oxygen atoms in total. The number of hydrogen-bond acceptors (Lipinski definition) is 2. The van der Waals surface area contributed by atoms with Gasteiger partial charge in [0.15, 0.2) is 0 Å². The number of unbranched alkanes of at least 4 members (excludes halogenated alkanes) is 10. The lowest BCUT2D eigenvalue weighted by Crippen LogP contribution is -2.12. The first-order chi connectivity index (χ1) is 10.7. The van der Waals surface area contributed by atoms with Gasteiger partial charge in [-0.1, -0.05) is 77.6 Å². The summed E-state index contributed by atoms with van der Waals surface area (Å²) in [4.78, 5) is 2.29. The molecule has 1 rings (SSSR count). The van der Waals surface area contributed by atoms with E-state index in [9.17, 15) is 0 Å². The monoisotopic (exact) mass is 311 g/mol. The van der Waals surface area contributed by atoms with Gasteiger partial charge >= 0.3 is 0 Å². The minimum absolute atomic E-state index is 0.629. The van der Waals surface area contributed by atoms with Crippen molar-refractivity contribution in [1.29, 1.82) is 0 Å². The third kappa shape index (κ3) is 11.5. The van der Waals surface area contributed by atoms with Crippen molar-refractivity contribution < 1.29 is 4.74 Å². The van der Waals surface area contributed by atoms with Crippen molar-refractivity contribution in [2.75, 3.05) is 20.6 Å². The van der Waals surface area contributed by atoms with Gasteiger partial charge < -0.3 is 9.64 Å². The molecule has 0 N–H and O–H groups in total. The Morgan fingerprint density at radius 2 is 1.09 bits per heavy atom. The van der Waals surface area contributed by atoms with Crippen LogP contribution < -0.4 is 0 Å². The van der Waals surface area contributed by atoms with E-state index >= 15 is 0 Å². The Labute approximate surface area is 140 Å². The van der Waals surface area contributed by atoms with Gasteiger partial charge in [0.2, 0.25) is 0 Å². The number of rotatable bonds is 16. The van der Waals surface area contributed by atoms with Crippen LogP contribution in [0.4, 0.5) is 0 Å². The molecule has 0 spiro atoms.